The van der Waals surface area contributed by atoms with Gasteiger partial charge in [0.1, 0.15) is 0 Å². The van der Waals surface area contributed by atoms with E-state index in [0.29, 0.717) is 3.74 Å². The fourth-order valence-corrected chi connectivity index (χ4v) is 4.80. The lowest BCUT2D eigenvalue weighted by Crippen LogP contribution is -1.98. The van der Waals surface area contributed by atoms with Gasteiger partial charge in [-0.1, -0.05) is 73.8 Å². The van der Waals surface area contributed by atoms with Crippen molar-refractivity contribution in [2.75, 3.05) is 0 Å². The van der Waals surface area contributed by atoms with Gasteiger partial charge in [-0.25, -0.2) is 0 Å². The summed E-state index contributed by atoms with van der Waals surface area (Å²) in [7, 11) is 0.110. The van der Waals surface area contributed by atoms with Gasteiger partial charge < -0.3 is 0 Å². The molecule has 1 aromatic rings. The molecule has 0 saturated carbocycles. The molecule has 13 heavy (non-hydrogen) atoms. The molecule has 0 aliphatic carbocycles. The maximum absolute atomic E-state index is 3.50. The zero-order valence-corrected chi connectivity index (χ0v) is 12.1. The van der Waals surface area contributed by atoms with Crippen LogP contribution in [0.4, 0.5) is 0 Å². The van der Waals surface area contributed by atoms with Gasteiger partial charge in [-0.2, -0.15) is 0 Å². The lowest BCUT2D eigenvalue weighted by molar-refractivity contribution is 1.06. The third kappa shape index (κ3) is 5.65. The lowest BCUT2D eigenvalue weighted by Gasteiger charge is -2.01. The number of rotatable bonds is 5. The first kappa shape index (κ1) is 11.5. The van der Waals surface area contributed by atoms with Crippen molar-refractivity contribution in [1.29, 1.82) is 0 Å². The highest BCUT2D eigenvalue weighted by atomic mass is 79.9. The van der Waals surface area contributed by atoms with Crippen molar-refractivity contribution in [2.45, 2.75) is 22.2 Å². The second-order valence-corrected chi connectivity index (χ2v) is 8.48. The molecule has 0 nitrogen and oxygen atoms in total. The topological polar surface area (TPSA) is 0 Å². The Hall–Kier alpha value is 0.397. The van der Waals surface area contributed by atoms with Gasteiger partial charge in [0.05, 0.1) is 3.74 Å². The Bertz CT molecular complexity index is 224. The minimum atomic E-state index is 0.110. The number of alkyl halides is 2. The monoisotopic (exact) mass is 320 g/mol. The smallest absolute Gasteiger partial charge is 0.0695 e. The summed E-state index contributed by atoms with van der Waals surface area (Å²) in [6, 6.07) is 13.5. The van der Waals surface area contributed by atoms with Gasteiger partial charge in [0.25, 0.3) is 0 Å². The fourth-order valence-electron chi connectivity index (χ4n) is 1.27. The highest BCUT2D eigenvalue weighted by Gasteiger charge is 1.98. The molecular weight excluding hydrogens is 308 g/mol. The zero-order valence-electron chi connectivity index (χ0n) is 7.55. The summed E-state index contributed by atoms with van der Waals surface area (Å²) in [5.41, 5.74) is 1.51. The van der Waals surface area contributed by atoms with E-state index in [2.05, 4.69) is 62.2 Å². The van der Waals surface area contributed by atoms with Crippen LogP contribution in [0.5, 0.6) is 0 Å². The molecule has 0 heterocycles. The van der Waals surface area contributed by atoms with E-state index >= 15 is 0 Å². The van der Waals surface area contributed by atoms with E-state index in [1.807, 2.05) is 0 Å². The Balaban J connectivity index is 2.13. The molecule has 0 radical (unpaired) electrons. The van der Waals surface area contributed by atoms with Crippen LogP contribution in [-0.2, 0) is 6.04 Å². The van der Waals surface area contributed by atoms with Gasteiger partial charge in [0.2, 0.25) is 0 Å². The number of halogens is 2. The molecule has 72 valence electrons. The van der Waals surface area contributed by atoms with Crippen LogP contribution in [0.1, 0.15) is 12.0 Å². The van der Waals surface area contributed by atoms with Crippen LogP contribution in [-0.4, -0.2) is 13.3 Å². The molecule has 0 aromatic heterocycles. The second kappa shape index (κ2) is 6.79. The van der Waals surface area contributed by atoms with Gasteiger partial charge in [-0.05, 0) is 12.5 Å². The maximum Gasteiger partial charge on any atom is 0.0695 e. The summed E-state index contributed by atoms with van der Waals surface area (Å²) in [5, 5.41) is 0. The first-order chi connectivity index (χ1) is 6.29. The van der Waals surface area contributed by atoms with Crippen LogP contribution < -0.4 is 0 Å². The second-order valence-electron chi connectivity index (χ2n) is 3.12. The molecule has 0 aliphatic rings. The van der Waals surface area contributed by atoms with E-state index in [4.69, 9.17) is 0 Å². The van der Waals surface area contributed by atoms with Crippen LogP contribution in [0.2, 0.25) is 6.04 Å². The van der Waals surface area contributed by atoms with E-state index in [9.17, 15) is 0 Å². The molecule has 0 spiro atoms. The molecule has 0 unspecified atom stereocenters. The molecule has 0 atom stereocenters. The standard InChI is InChI=1S/C10H14Br2Si/c11-10(12)6-7-13-8-9-4-2-1-3-5-9/h1-5,10H,6-8,13H2. The highest BCUT2D eigenvalue weighted by Crippen LogP contribution is 2.14. The number of hydrogen-bond acceptors (Lipinski definition) is 0. The first-order valence-electron chi connectivity index (χ1n) is 4.61. The van der Waals surface area contributed by atoms with Crippen LogP contribution >= 0.6 is 31.9 Å². The lowest BCUT2D eigenvalue weighted by atomic mass is 10.2. The number of hydrogen-bond donors (Lipinski definition) is 0. The first-order valence-corrected chi connectivity index (χ1v) is 8.44. The average molecular weight is 322 g/mol. The van der Waals surface area contributed by atoms with Crippen molar-refractivity contribution in [3.05, 3.63) is 35.9 Å². The Morgan fingerprint density at radius 3 is 2.46 bits per heavy atom. The van der Waals surface area contributed by atoms with Gasteiger partial charge >= 0.3 is 0 Å². The predicted octanol–water partition coefficient (Wildman–Crippen LogP) is 3.28. The summed E-state index contributed by atoms with van der Waals surface area (Å²) >= 11 is 7.00. The molecule has 0 fully saturated rings. The Morgan fingerprint density at radius 2 is 1.85 bits per heavy atom. The van der Waals surface area contributed by atoms with Crippen molar-refractivity contribution < 1.29 is 0 Å². The van der Waals surface area contributed by atoms with E-state index in [0.717, 1.165) is 0 Å². The molecule has 0 saturated heterocycles. The summed E-state index contributed by atoms with van der Waals surface area (Å²) < 4.78 is 0.517. The van der Waals surface area contributed by atoms with E-state index in [-0.39, 0.29) is 9.52 Å². The van der Waals surface area contributed by atoms with E-state index < -0.39 is 0 Å². The zero-order chi connectivity index (χ0) is 9.52. The molecule has 3 heteroatoms. The van der Waals surface area contributed by atoms with Crippen molar-refractivity contribution in [3.63, 3.8) is 0 Å². The minimum Gasteiger partial charge on any atom is -0.0765 e. The van der Waals surface area contributed by atoms with Crippen LogP contribution in [0, 0.1) is 0 Å². The number of benzene rings is 1. The summed E-state index contributed by atoms with van der Waals surface area (Å²) in [4.78, 5) is 0. The molecule has 0 N–H and O–H groups in total. The summed E-state index contributed by atoms with van der Waals surface area (Å²) in [6.07, 6.45) is 1.26. The van der Waals surface area contributed by atoms with Crippen molar-refractivity contribution in [3.8, 4) is 0 Å². The van der Waals surface area contributed by atoms with Gasteiger partial charge in [0.15, 0.2) is 0 Å². The van der Waals surface area contributed by atoms with Gasteiger partial charge in [-0.15, -0.1) is 0 Å². The highest BCUT2D eigenvalue weighted by molar-refractivity contribution is 9.24. The van der Waals surface area contributed by atoms with Crippen molar-refractivity contribution in [2.24, 2.45) is 0 Å². The van der Waals surface area contributed by atoms with Crippen molar-refractivity contribution >= 4 is 41.4 Å². The largest absolute Gasteiger partial charge is 0.0765 e. The Labute approximate surface area is 99.2 Å². The third-order valence-electron chi connectivity index (χ3n) is 1.98. The minimum absolute atomic E-state index is 0.110. The normalized spacial score (nSPS) is 11.6. The molecule has 0 amide bonds. The molecular formula is C10H14Br2Si. The van der Waals surface area contributed by atoms with E-state index in [1.165, 1.54) is 24.1 Å². The maximum atomic E-state index is 3.50. The third-order valence-corrected chi connectivity index (χ3v) is 4.74. The van der Waals surface area contributed by atoms with Crippen LogP contribution in [0.25, 0.3) is 0 Å². The average Bonchev–Trinajstić information content (AvgIpc) is 2.14. The molecule has 0 bridgehead atoms. The van der Waals surface area contributed by atoms with Gasteiger partial charge in [0, 0.05) is 9.52 Å². The van der Waals surface area contributed by atoms with Gasteiger partial charge in [-0.3, -0.25) is 0 Å². The quantitative estimate of drug-likeness (QED) is 0.443. The van der Waals surface area contributed by atoms with Crippen LogP contribution in [0.3, 0.4) is 0 Å². The van der Waals surface area contributed by atoms with E-state index in [1.54, 1.807) is 0 Å². The fraction of sp³-hybridized carbons (Fsp3) is 0.400. The summed E-state index contributed by atoms with van der Waals surface area (Å²) in [5.74, 6) is 0. The molecule has 1 aromatic carbocycles. The summed E-state index contributed by atoms with van der Waals surface area (Å²) in [6.45, 7) is 0. The Kier molecular flexibility index (Phi) is 5.99. The SMILES string of the molecule is BrC(Br)CC[SiH2]Cc1ccccc1. The predicted molar refractivity (Wildman–Crippen MR) is 69.8 cm³/mol. The van der Waals surface area contributed by atoms with Crippen molar-refractivity contribution in [1.82, 2.24) is 0 Å². The molecule has 1 rings (SSSR count). The molecule has 0 aliphatic heterocycles. The van der Waals surface area contributed by atoms with Crippen LogP contribution in [0.15, 0.2) is 30.3 Å². The Morgan fingerprint density at radius 1 is 1.15 bits per heavy atom.